The Kier molecular flexibility index (Phi) is 5.89. The fourth-order valence-electron chi connectivity index (χ4n) is 3.17. The zero-order chi connectivity index (χ0) is 16.3. The Labute approximate surface area is 143 Å². The van der Waals surface area contributed by atoms with Crippen molar-refractivity contribution in [1.29, 1.82) is 0 Å². The van der Waals surface area contributed by atoms with Gasteiger partial charge in [0.05, 0.1) is 29.1 Å². The number of hydrogen-bond acceptors (Lipinski definition) is 2. The summed E-state index contributed by atoms with van der Waals surface area (Å²) >= 11 is 11.9. The molecule has 5 heteroatoms. The highest BCUT2D eigenvalue weighted by molar-refractivity contribution is 6.42. The van der Waals surface area contributed by atoms with E-state index in [1.54, 1.807) is 12.1 Å². The highest BCUT2D eigenvalue weighted by Gasteiger charge is 2.34. The molecule has 1 unspecified atom stereocenters. The maximum absolute atomic E-state index is 12.5. The fourth-order valence-corrected chi connectivity index (χ4v) is 3.49. The van der Waals surface area contributed by atoms with Crippen LogP contribution in [0.5, 0.6) is 0 Å². The predicted molar refractivity (Wildman–Crippen MR) is 91.8 cm³/mol. The summed E-state index contributed by atoms with van der Waals surface area (Å²) in [5.41, 5.74) is 0.964. The van der Waals surface area contributed by atoms with Gasteiger partial charge in [-0.15, -0.1) is 0 Å². The van der Waals surface area contributed by atoms with Crippen LogP contribution in [-0.4, -0.2) is 43.0 Å². The zero-order valence-corrected chi connectivity index (χ0v) is 15.1. The third kappa shape index (κ3) is 4.45. The zero-order valence-electron chi connectivity index (χ0n) is 13.6. The summed E-state index contributed by atoms with van der Waals surface area (Å²) in [6.45, 7) is 7.55. The van der Waals surface area contributed by atoms with Crippen molar-refractivity contribution in [2.75, 3.05) is 26.7 Å². The first-order valence-electron chi connectivity index (χ1n) is 7.84. The Balaban J connectivity index is 1.95. The van der Waals surface area contributed by atoms with Gasteiger partial charge >= 0.3 is 5.91 Å². The van der Waals surface area contributed by atoms with Crippen molar-refractivity contribution in [2.45, 2.75) is 38.6 Å². The maximum Gasteiger partial charge on any atom is 0.316 e. The van der Waals surface area contributed by atoms with Gasteiger partial charge in [-0.2, -0.15) is 0 Å². The summed E-state index contributed by atoms with van der Waals surface area (Å²) < 4.78 is 0. The molecule has 0 aromatic heterocycles. The minimum absolute atomic E-state index is 0.0495. The highest BCUT2D eigenvalue weighted by Crippen LogP contribution is 2.23. The van der Waals surface area contributed by atoms with Gasteiger partial charge in [0, 0.05) is 0 Å². The minimum Gasteiger partial charge on any atom is -0.293 e. The molecule has 1 heterocycles. The third-order valence-electron chi connectivity index (χ3n) is 4.48. The highest BCUT2D eigenvalue weighted by atomic mass is 35.5. The molecule has 1 atom stereocenters. The lowest BCUT2D eigenvalue weighted by Crippen LogP contribution is -3.14. The first-order valence-corrected chi connectivity index (χ1v) is 8.60. The van der Waals surface area contributed by atoms with Gasteiger partial charge in [0.2, 0.25) is 0 Å². The van der Waals surface area contributed by atoms with Crippen LogP contribution in [0.1, 0.15) is 32.3 Å². The van der Waals surface area contributed by atoms with Crippen LogP contribution in [0.3, 0.4) is 0 Å². The Morgan fingerprint density at radius 3 is 2.45 bits per heavy atom. The van der Waals surface area contributed by atoms with E-state index in [0.29, 0.717) is 16.5 Å². The van der Waals surface area contributed by atoms with E-state index < -0.39 is 0 Å². The van der Waals surface area contributed by atoms with Crippen LogP contribution < -0.4 is 4.90 Å². The van der Waals surface area contributed by atoms with E-state index >= 15 is 0 Å². The molecule has 1 aromatic carbocycles. The number of benzene rings is 1. The monoisotopic (exact) mass is 343 g/mol. The maximum atomic E-state index is 12.5. The van der Waals surface area contributed by atoms with E-state index in [4.69, 9.17) is 23.2 Å². The number of carbonyl (C=O) groups excluding carboxylic acids is 1. The second-order valence-electron chi connectivity index (χ2n) is 6.81. The molecule has 0 aliphatic carbocycles. The van der Waals surface area contributed by atoms with Crippen LogP contribution in [0.4, 0.5) is 0 Å². The second kappa shape index (κ2) is 7.31. The third-order valence-corrected chi connectivity index (χ3v) is 5.22. The number of rotatable bonds is 5. The summed E-state index contributed by atoms with van der Waals surface area (Å²) in [6, 6.07) is 5.39. The first-order chi connectivity index (χ1) is 10.3. The van der Waals surface area contributed by atoms with Crippen molar-refractivity contribution >= 4 is 29.1 Å². The first kappa shape index (κ1) is 17.7. The van der Waals surface area contributed by atoms with Crippen molar-refractivity contribution in [3.05, 3.63) is 33.8 Å². The molecule has 122 valence electrons. The summed E-state index contributed by atoms with van der Waals surface area (Å²) in [5, 5.41) is 1.02. The van der Waals surface area contributed by atoms with E-state index in [2.05, 4.69) is 18.7 Å². The number of halogens is 2. The van der Waals surface area contributed by atoms with Gasteiger partial charge in [-0.3, -0.25) is 9.80 Å². The molecule has 0 radical (unpaired) electrons. The molecule has 1 aliphatic rings. The van der Waals surface area contributed by atoms with Gasteiger partial charge in [-0.25, -0.2) is 4.79 Å². The largest absolute Gasteiger partial charge is 0.316 e. The number of amides is 1. The number of nitrogens with one attached hydrogen (secondary N) is 1. The van der Waals surface area contributed by atoms with Crippen LogP contribution in [0.25, 0.3) is 0 Å². The topological polar surface area (TPSA) is 24.8 Å². The van der Waals surface area contributed by atoms with Crippen LogP contribution in [0, 0.1) is 0 Å². The van der Waals surface area contributed by atoms with Crippen molar-refractivity contribution in [3.63, 3.8) is 0 Å². The lowest BCUT2D eigenvalue weighted by molar-refractivity contribution is -0.804. The summed E-state index contributed by atoms with van der Waals surface area (Å²) in [7, 11) is 1.96. The summed E-state index contributed by atoms with van der Waals surface area (Å²) in [4.78, 5) is 15.9. The number of likely N-dealkylation sites (N-methyl/N-ethyl adjacent to an activating group) is 1. The molecule has 1 N–H and O–H groups in total. The van der Waals surface area contributed by atoms with Crippen LogP contribution >= 0.6 is 23.2 Å². The molecule has 3 nitrogen and oxygen atoms in total. The number of hydrogen-bond donors (Lipinski definition) is 1. The fraction of sp³-hybridized carbons (Fsp3) is 0.588. The molecule has 1 fully saturated rings. The van der Waals surface area contributed by atoms with Gasteiger partial charge in [0.25, 0.3) is 0 Å². The standard InChI is InChI=1S/C17H24Cl2N2O/c1-17(2,21-8-4-5-9-21)12-20(3)16(22)11-13-6-7-14(18)15(19)10-13/h6-7,10H,4-5,8-9,11-12H2,1-3H3/p+1. The molecular formula is C17H25Cl2N2O+. The van der Waals surface area contributed by atoms with Gasteiger partial charge in [0.1, 0.15) is 6.54 Å². The van der Waals surface area contributed by atoms with Crippen molar-refractivity contribution in [2.24, 2.45) is 0 Å². The molecule has 1 saturated heterocycles. The molecule has 0 bridgehead atoms. The van der Waals surface area contributed by atoms with Gasteiger partial charge < -0.3 is 0 Å². The van der Waals surface area contributed by atoms with Gasteiger partial charge in [0.15, 0.2) is 0 Å². The van der Waals surface area contributed by atoms with Crippen molar-refractivity contribution in [3.8, 4) is 0 Å². The van der Waals surface area contributed by atoms with Gasteiger partial charge in [-0.1, -0.05) is 29.3 Å². The van der Waals surface area contributed by atoms with E-state index in [1.807, 2.05) is 13.1 Å². The second-order valence-corrected chi connectivity index (χ2v) is 7.63. The van der Waals surface area contributed by atoms with Crippen LogP contribution in [0.15, 0.2) is 18.2 Å². The number of likely N-dealkylation sites (tertiary alicyclic amines) is 1. The normalized spacial score (nSPS) is 17.7. The van der Waals surface area contributed by atoms with Gasteiger partial charge in [-0.05, 0) is 57.5 Å². The van der Waals surface area contributed by atoms with Crippen LogP contribution in [-0.2, 0) is 11.2 Å². The van der Waals surface area contributed by atoms with E-state index in [1.165, 1.54) is 12.8 Å². The molecular weight excluding hydrogens is 319 g/mol. The van der Waals surface area contributed by atoms with E-state index in [-0.39, 0.29) is 11.4 Å². The Morgan fingerprint density at radius 1 is 1.23 bits per heavy atom. The minimum atomic E-state index is 0.0495. The summed E-state index contributed by atoms with van der Waals surface area (Å²) in [5.74, 6) is 0.186. The Morgan fingerprint density at radius 2 is 1.86 bits per heavy atom. The number of quaternary nitrogens is 1. The lowest BCUT2D eigenvalue weighted by atomic mass is 10.0. The molecule has 1 aromatic rings. The summed E-state index contributed by atoms with van der Waals surface area (Å²) in [6.07, 6.45) is 2.91. The predicted octanol–water partition coefficient (Wildman–Crippen LogP) is 2.45. The van der Waals surface area contributed by atoms with E-state index in [9.17, 15) is 4.79 Å². The quantitative estimate of drug-likeness (QED) is 0.888. The van der Waals surface area contributed by atoms with Crippen LogP contribution in [0.2, 0.25) is 10.0 Å². The number of carbonyl (C=O) groups is 1. The molecule has 0 spiro atoms. The number of nitrogens with zero attached hydrogens (tertiary/aromatic N) is 1. The lowest BCUT2D eigenvalue weighted by Gasteiger charge is -2.35. The molecule has 1 aliphatic heterocycles. The average molecular weight is 344 g/mol. The molecule has 0 saturated carbocycles. The smallest absolute Gasteiger partial charge is 0.293 e. The molecule has 1 amide bonds. The SMILES string of the molecule is C[NH+](CC(C)(C)N1CCCC1)C(=O)Cc1ccc(Cl)c(Cl)c1. The van der Waals surface area contributed by atoms with E-state index in [0.717, 1.165) is 30.1 Å². The van der Waals surface area contributed by atoms with Crippen molar-refractivity contribution < 1.29 is 9.69 Å². The molecule has 22 heavy (non-hydrogen) atoms. The Hall–Kier alpha value is -0.610. The van der Waals surface area contributed by atoms with Crippen molar-refractivity contribution in [1.82, 2.24) is 4.90 Å². The molecule has 2 rings (SSSR count). The average Bonchev–Trinajstić information content (AvgIpc) is 2.97. The Bertz CT molecular complexity index is 539.